The van der Waals surface area contributed by atoms with Gasteiger partial charge in [0.15, 0.2) is 5.78 Å². The van der Waals surface area contributed by atoms with Gasteiger partial charge < -0.3 is 5.11 Å². The average Bonchev–Trinajstić information content (AvgIpc) is 2.31. The lowest BCUT2D eigenvalue weighted by Crippen LogP contribution is -2.32. The summed E-state index contributed by atoms with van der Waals surface area (Å²) >= 11 is 0. The minimum atomic E-state index is -0.898. The van der Waals surface area contributed by atoms with Crippen molar-refractivity contribution < 1.29 is 9.90 Å². The second kappa shape index (κ2) is 4.05. The predicted octanol–water partition coefficient (Wildman–Crippen LogP) is 2.07. The number of carbonyl (C=O) groups excluding carboxylic acids is 1. The van der Waals surface area contributed by atoms with E-state index in [2.05, 4.69) is 6.92 Å². The first-order chi connectivity index (χ1) is 6.08. The van der Waals surface area contributed by atoms with Gasteiger partial charge in [0, 0.05) is 0 Å². The third-order valence-corrected chi connectivity index (χ3v) is 2.73. The lowest BCUT2D eigenvalue weighted by atomic mass is 9.87. The monoisotopic (exact) mass is 182 g/mol. The van der Waals surface area contributed by atoms with E-state index >= 15 is 0 Å². The molecular formula is C11H18O2. The fourth-order valence-corrected chi connectivity index (χ4v) is 1.80. The van der Waals surface area contributed by atoms with E-state index in [0.29, 0.717) is 0 Å². The Morgan fingerprint density at radius 1 is 1.54 bits per heavy atom. The number of unbranched alkanes of at least 4 members (excludes halogenated alkanes) is 2. The number of hydrogen-bond donors (Lipinski definition) is 1. The standard InChI is InChI=1S/C11H18O2/c1-3-4-5-6-9-10(12)7-8-11(9,2)13/h7-9,13H,3-6H2,1-2H3. The molecule has 0 aliphatic heterocycles. The highest BCUT2D eigenvalue weighted by Crippen LogP contribution is 2.30. The third-order valence-electron chi connectivity index (χ3n) is 2.73. The zero-order valence-electron chi connectivity index (χ0n) is 8.42. The fraction of sp³-hybridized carbons (Fsp3) is 0.727. The summed E-state index contributed by atoms with van der Waals surface area (Å²) in [7, 11) is 0. The lowest BCUT2D eigenvalue weighted by Gasteiger charge is -2.23. The number of carbonyl (C=O) groups is 1. The van der Waals surface area contributed by atoms with Crippen LogP contribution in [0.5, 0.6) is 0 Å². The highest BCUT2D eigenvalue weighted by Gasteiger charge is 2.37. The van der Waals surface area contributed by atoms with Crippen LogP contribution in [0.3, 0.4) is 0 Å². The Morgan fingerprint density at radius 2 is 2.23 bits per heavy atom. The molecule has 13 heavy (non-hydrogen) atoms. The Labute approximate surface area is 79.6 Å². The summed E-state index contributed by atoms with van der Waals surface area (Å²) < 4.78 is 0. The van der Waals surface area contributed by atoms with Crippen LogP contribution in [0.25, 0.3) is 0 Å². The van der Waals surface area contributed by atoms with Gasteiger partial charge in [0.25, 0.3) is 0 Å². The molecule has 0 amide bonds. The van der Waals surface area contributed by atoms with Crippen LogP contribution in [0.15, 0.2) is 12.2 Å². The molecule has 0 bridgehead atoms. The van der Waals surface area contributed by atoms with E-state index in [1.165, 1.54) is 6.08 Å². The molecular weight excluding hydrogens is 164 g/mol. The maximum absolute atomic E-state index is 11.3. The van der Waals surface area contributed by atoms with Crippen molar-refractivity contribution in [2.45, 2.75) is 45.1 Å². The second-order valence-corrected chi connectivity index (χ2v) is 4.01. The molecule has 1 aliphatic rings. The van der Waals surface area contributed by atoms with E-state index in [-0.39, 0.29) is 11.7 Å². The molecule has 2 nitrogen and oxygen atoms in total. The van der Waals surface area contributed by atoms with Crippen LogP contribution in [0.1, 0.15) is 39.5 Å². The van der Waals surface area contributed by atoms with Crippen LogP contribution in [-0.4, -0.2) is 16.5 Å². The van der Waals surface area contributed by atoms with Crippen LogP contribution >= 0.6 is 0 Å². The quantitative estimate of drug-likeness (QED) is 0.676. The number of hydrogen-bond acceptors (Lipinski definition) is 2. The first kappa shape index (κ1) is 10.5. The molecule has 0 fully saturated rings. The van der Waals surface area contributed by atoms with Gasteiger partial charge in [0.2, 0.25) is 0 Å². The lowest BCUT2D eigenvalue weighted by molar-refractivity contribution is -0.122. The largest absolute Gasteiger partial charge is 0.385 e. The molecule has 0 aromatic rings. The Morgan fingerprint density at radius 3 is 2.69 bits per heavy atom. The number of rotatable bonds is 4. The van der Waals surface area contributed by atoms with Crippen molar-refractivity contribution in [3.8, 4) is 0 Å². The minimum Gasteiger partial charge on any atom is -0.385 e. The molecule has 0 spiro atoms. The Hall–Kier alpha value is -0.630. The molecule has 2 unspecified atom stereocenters. The normalized spacial score (nSPS) is 32.8. The van der Waals surface area contributed by atoms with E-state index in [1.807, 2.05) is 0 Å². The van der Waals surface area contributed by atoms with Crippen molar-refractivity contribution in [2.75, 3.05) is 0 Å². The Bertz CT molecular complexity index is 216. The molecule has 0 aromatic heterocycles. The summed E-state index contributed by atoms with van der Waals surface area (Å²) in [4.78, 5) is 11.3. The molecule has 0 aromatic carbocycles. The van der Waals surface area contributed by atoms with Gasteiger partial charge in [-0.3, -0.25) is 4.79 Å². The van der Waals surface area contributed by atoms with E-state index in [4.69, 9.17) is 0 Å². The van der Waals surface area contributed by atoms with Gasteiger partial charge in [-0.15, -0.1) is 0 Å². The third kappa shape index (κ3) is 2.41. The van der Waals surface area contributed by atoms with E-state index < -0.39 is 5.60 Å². The van der Waals surface area contributed by atoms with Crippen molar-refractivity contribution in [2.24, 2.45) is 5.92 Å². The maximum atomic E-state index is 11.3. The molecule has 0 radical (unpaired) electrons. The number of aliphatic hydroxyl groups is 1. The highest BCUT2D eigenvalue weighted by molar-refractivity contribution is 5.95. The first-order valence-electron chi connectivity index (χ1n) is 5.03. The second-order valence-electron chi connectivity index (χ2n) is 4.01. The van der Waals surface area contributed by atoms with E-state index in [0.717, 1.165) is 25.7 Å². The molecule has 2 atom stereocenters. The summed E-state index contributed by atoms with van der Waals surface area (Å²) in [6, 6.07) is 0. The van der Waals surface area contributed by atoms with Gasteiger partial charge in [0.05, 0.1) is 11.5 Å². The molecule has 0 saturated heterocycles. The molecule has 2 heteroatoms. The zero-order valence-corrected chi connectivity index (χ0v) is 8.42. The fourth-order valence-electron chi connectivity index (χ4n) is 1.80. The number of allylic oxidation sites excluding steroid dienone is 1. The van der Waals surface area contributed by atoms with Crippen LogP contribution in [0, 0.1) is 5.92 Å². The van der Waals surface area contributed by atoms with E-state index in [1.54, 1.807) is 13.0 Å². The van der Waals surface area contributed by atoms with E-state index in [9.17, 15) is 9.90 Å². The summed E-state index contributed by atoms with van der Waals surface area (Å²) in [5, 5.41) is 9.82. The topological polar surface area (TPSA) is 37.3 Å². The summed E-state index contributed by atoms with van der Waals surface area (Å²) in [5.74, 6) is -0.111. The molecule has 74 valence electrons. The van der Waals surface area contributed by atoms with Crippen molar-refractivity contribution in [1.82, 2.24) is 0 Å². The zero-order chi connectivity index (χ0) is 9.90. The van der Waals surface area contributed by atoms with Crippen molar-refractivity contribution in [3.05, 3.63) is 12.2 Å². The maximum Gasteiger partial charge on any atom is 0.161 e. The Kier molecular flexibility index (Phi) is 3.26. The first-order valence-corrected chi connectivity index (χ1v) is 5.03. The van der Waals surface area contributed by atoms with Crippen LogP contribution in [0.4, 0.5) is 0 Å². The smallest absolute Gasteiger partial charge is 0.161 e. The van der Waals surface area contributed by atoms with Crippen LogP contribution in [0.2, 0.25) is 0 Å². The summed E-state index contributed by atoms with van der Waals surface area (Å²) in [6.07, 6.45) is 7.26. The summed E-state index contributed by atoms with van der Waals surface area (Å²) in [5.41, 5.74) is -0.898. The molecule has 1 rings (SSSR count). The molecule has 1 N–H and O–H groups in total. The Balaban J connectivity index is 2.45. The average molecular weight is 182 g/mol. The van der Waals surface area contributed by atoms with Gasteiger partial charge in [-0.2, -0.15) is 0 Å². The van der Waals surface area contributed by atoms with Crippen LogP contribution < -0.4 is 0 Å². The minimum absolute atomic E-state index is 0.0844. The van der Waals surface area contributed by atoms with Gasteiger partial charge in [0.1, 0.15) is 0 Å². The highest BCUT2D eigenvalue weighted by atomic mass is 16.3. The van der Waals surface area contributed by atoms with Gasteiger partial charge >= 0.3 is 0 Å². The summed E-state index contributed by atoms with van der Waals surface area (Å²) in [6.45, 7) is 3.85. The number of ketones is 1. The molecule has 1 aliphatic carbocycles. The SMILES string of the molecule is CCCCCC1C(=O)C=CC1(C)O. The van der Waals surface area contributed by atoms with Gasteiger partial charge in [-0.1, -0.05) is 26.2 Å². The predicted molar refractivity (Wildman–Crippen MR) is 52.4 cm³/mol. The molecule has 0 saturated carbocycles. The van der Waals surface area contributed by atoms with Crippen molar-refractivity contribution >= 4 is 5.78 Å². The van der Waals surface area contributed by atoms with Gasteiger partial charge in [-0.25, -0.2) is 0 Å². The molecule has 0 heterocycles. The van der Waals surface area contributed by atoms with Crippen LogP contribution in [-0.2, 0) is 4.79 Å². The van der Waals surface area contributed by atoms with Crippen molar-refractivity contribution in [1.29, 1.82) is 0 Å². The van der Waals surface area contributed by atoms with Gasteiger partial charge in [-0.05, 0) is 25.5 Å². The van der Waals surface area contributed by atoms with Crippen molar-refractivity contribution in [3.63, 3.8) is 0 Å².